The lowest BCUT2D eigenvalue weighted by Crippen LogP contribution is -2.20. The van der Waals surface area contributed by atoms with Gasteiger partial charge in [-0.1, -0.05) is 53.8 Å². The first-order chi connectivity index (χ1) is 13.4. The SMILES string of the molecule is Cc1ccc(NC(=O)COC(=O)c2ccc(/C=C3/SC(=S)NC3=O)cc2)cc1. The first kappa shape index (κ1) is 19.8. The zero-order chi connectivity index (χ0) is 20.1. The third-order valence-electron chi connectivity index (χ3n) is 3.76. The second kappa shape index (κ2) is 8.81. The van der Waals surface area contributed by atoms with Crippen molar-refractivity contribution in [3.05, 3.63) is 70.1 Å². The number of hydrogen-bond acceptors (Lipinski definition) is 6. The summed E-state index contributed by atoms with van der Waals surface area (Å²) in [6.07, 6.45) is 1.68. The molecule has 0 saturated carbocycles. The summed E-state index contributed by atoms with van der Waals surface area (Å²) in [5.74, 6) is -1.26. The number of anilines is 1. The Morgan fingerprint density at radius 1 is 1.14 bits per heavy atom. The number of nitrogens with one attached hydrogen (secondary N) is 2. The fourth-order valence-corrected chi connectivity index (χ4v) is 3.38. The Kier molecular flexibility index (Phi) is 6.23. The highest BCUT2D eigenvalue weighted by Gasteiger charge is 2.21. The number of thiocarbonyl (C=S) groups is 1. The lowest BCUT2D eigenvalue weighted by atomic mass is 10.1. The molecule has 28 heavy (non-hydrogen) atoms. The van der Waals surface area contributed by atoms with E-state index in [0.717, 1.165) is 11.1 Å². The summed E-state index contributed by atoms with van der Waals surface area (Å²) in [6, 6.07) is 13.8. The molecular weight excluding hydrogens is 396 g/mol. The first-order valence-corrected chi connectivity index (χ1v) is 9.52. The van der Waals surface area contributed by atoms with E-state index in [1.807, 2.05) is 19.1 Å². The van der Waals surface area contributed by atoms with Crippen molar-refractivity contribution in [3.8, 4) is 0 Å². The van der Waals surface area contributed by atoms with Crippen LogP contribution >= 0.6 is 24.0 Å². The molecule has 142 valence electrons. The van der Waals surface area contributed by atoms with Crippen LogP contribution in [0.25, 0.3) is 6.08 Å². The van der Waals surface area contributed by atoms with Crippen LogP contribution in [0.2, 0.25) is 0 Å². The average molecular weight is 412 g/mol. The molecular formula is C20H16N2O4S2. The van der Waals surface area contributed by atoms with E-state index in [0.29, 0.717) is 20.5 Å². The van der Waals surface area contributed by atoms with Crippen molar-refractivity contribution in [3.63, 3.8) is 0 Å². The van der Waals surface area contributed by atoms with Crippen LogP contribution in [0.1, 0.15) is 21.5 Å². The minimum absolute atomic E-state index is 0.238. The zero-order valence-electron chi connectivity index (χ0n) is 14.9. The summed E-state index contributed by atoms with van der Waals surface area (Å²) in [6.45, 7) is 1.57. The van der Waals surface area contributed by atoms with Gasteiger partial charge in [0.15, 0.2) is 6.61 Å². The highest BCUT2D eigenvalue weighted by atomic mass is 32.2. The van der Waals surface area contributed by atoms with Crippen molar-refractivity contribution >= 4 is 57.8 Å². The van der Waals surface area contributed by atoms with Crippen LogP contribution in [0, 0.1) is 6.92 Å². The minimum atomic E-state index is -0.604. The second-order valence-corrected chi connectivity index (χ2v) is 7.68. The number of aryl methyl sites for hydroxylation is 1. The van der Waals surface area contributed by atoms with E-state index in [1.165, 1.54) is 11.8 Å². The van der Waals surface area contributed by atoms with Crippen molar-refractivity contribution in [1.82, 2.24) is 5.32 Å². The van der Waals surface area contributed by atoms with Crippen molar-refractivity contribution in [1.29, 1.82) is 0 Å². The van der Waals surface area contributed by atoms with Gasteiger partial charge >= 0.3 is 5.97 Å². The Morgan fingerprint density at radius 2 is 1.82 bits per heavy atom. The van der Waals surface area contributed by atoms with Crippen LogP contribution in [-0.2, 0) is 14.3 Å². The predicted octanol–water partition coefficient (Wildman–Crippen LogP) is 3.28. The van der Waals surface area contributed by atoms with Crippen molar-refractivity contribution in [2.24, 2.45) is 0 Å². The van der Waals surface area contributed by atoms with E-state index in [9.17, 15) is 14.4 Å². The molecule has 0 radical (unpaired) electrons. The molecule has 0 spiro atoms. The summed E-state index contributed by atoms with van der Waals surface area (Å²) >= 11 is 6.13. The zero-order valence-corrected chi connectivity index (χ0v) is 16.5. The number of esters is 1. The number of carbonyl (C=O) groups excluding carboxylic acids is 3. The van der Waals surface area contributed by atoms with Crippen LogP contribution in [0.5, 0.6) is 0 Å². The van der Waals surface area contributed by atoms with Crippen LogP contribution < -0.4 is 10.6 Å². The van der Waals surface area contributed by atoms with E-state index in [1.54, 1.807) is 42.5 Å². The number of thioether (sulfide) groups is 1. The Balaban J connectivity index is 1.54. The molecule has 0 atom stereocenters. The number of rotatable bonds is 5. The molecule has 1 aliphatic rings. The normalized spacial score (nSPS) is 14.7. The molecule has 1 fully saturated rings. The summed E-state index contributed by atoms with van der Waals surface area (Å²) in [7, 11) is 0. The van der Waals surface area contributed by atoms with E-state index in [-0.39, 0.29) is 12.5 Å². The molecule has 1 saturated heterocycles. The lowest BCUT2D eigenvalue weighted by Gasteiger charge is -2.07. The van der Waals surface area contributed by atoms with E-state index in [4.69, 9.17) is 17.0 Å². The molecule has 1 heterocycles. The quantitative estimate of drug-likeness (QED) is 0.445. The van der Waals surface area contributed by atoms with Gasteiger partial charge in [0.1, 0.15) is 4.32 Å². The Labute approximate surface area is 171 Å². The van der Waals surface area contributed by atoms with Gasteiger partial charge in [0, 0.05) is 5.69 Å². The number of carbonyl (C=O) groups is 3. The fraction of sp³-hybridized carbons (Fsp3) is 0.100. The molecule has 1 aliphatic heterocycles. The monoisotopic (exact) mass is 412 g/mol. The predicted molar refractivity (Wildman–Crippen MR) is 113 cm³/mol. The maximum absolute atomic E-state index is 12.1. The van der Waals surface area contributed by atoms with Gasteiger partial charge in [0.2, 0.25) is 0 Å². The van der Waals surface area contributed by atoms with Gasteiger partial charge in [-0.05, 0) is 42.8 Å². The van der Waals surface area contributed by atoms with Gasteiger partial charge in [-0.15, -0.1) is 0 Å². The molecule has 2 amide bonds. The molecule has 6 nitrogen and oxygen atoms in total. The number of benzene rings is 2. The summed E-state index contributed by atoms with van der Waals surface area (Å²) < 4.78 is 5.46. The number of ether oxygens (including phenoxy) is 1. The smallest absolute Gasteiger partial charge is 0.338 e. The van der Waals surface area contributed by atoms with Crippen molar-refractivity contribution in [2.45, 2.75) is 6.92 Å². The van der Waals surface area contributed by atoms with Gasteiger partial charge in [0.05, 0.1) is 10.5 Å². The Bertz CT molecular complexity index is 967. The largest absolute Gasteiger partial charge is 0.452 e. The van der Waals surface area contributed by atoms with E-state index >= 15 is 0 Å². The number of amides is 2. The van der Waals surface area contributed by atoms with Crippen LogP contribution in [-0.4, -0.2) is 28.7 Å². The van der Waals surface area contributed by atoms with E-state index < -0.39 is 11.9 Å². The van der Waals surface area contributed by atoms with Gasteiger partial charge < -0.3 is 15.4 Å². The van der Waals surface area contributed by atoms with Gasteiger partial charge in [-0.2, -0.15) is 0 Å². The van der Waals surface area contributed by atoms with Crippen LogP contribution in [0.3, 0.4) is 0 Å². The maximum Gasteiger partial charge on any atom is 0.338 e. The van der Waals surface area contributed by atoms with Crippen molar-refractivity contribution < 1.29 is 19.1 Å². The molecule has 0 bridgehead atoms. The Hall–Kier alpha value is -2.97. The topological polar surface area (TPSA) is 84.5 Å². The Morgan fingerprint density at radius 3 is 2.43 bits per heavy atom. The van der Waals surface area contributed by atoms with Crippen LogP contribution in [0.4, 0.5) is 5.69 Å². The van der Waals surface area contributed by atoms with Crippen LogP contribution in [0.15, 0.2) is 53.4 Å². The second-order valence-electron chi connectivity index (χ2n) is 5.96. The molecule has 0 unspecified atom stereocenters. The molecule has 2 N–H and O–H groups in total. The third kappa shape index (κ3) is 5.28. The summed E-state index contributed by atoms with van der Waals surface area (Å²) in [5.41, 5.74) is 2.77. The maximum atomic E-state index is 12.1. The van der Waals surface area contributed by atoms with Gasteiger partial charge in [0.25, 0.3) is 11.8 Å². The third-order valence-corrected chi connectivity index (χ3v) is 4.92. The van der Waals surface area contributed by atoms with Crippen molar-refractivity contribution in [2.75, 3.05) is 11.9 Å². The standard InChI is InChI=1S/C20H16N2O4S2/c1-12-2-8-15(9-3-12)21-17(23)11-26-19(25)14-6-4-13(5-7-14)10-16-18(24)22-20(27)28-16/h2-10H,11H2,1H3,(H,21,23)(H,22,24,27)/b16-10+. The lowest BCUT2D eigenvalue weighted by molar-refractivity contribution is -0.119. The van der Waals surface area contributed by atoms with Gasteiger partial charge in [-0.25, -0.2) is 4.79 Å². The highest BCUT2D eigenvalue weighted by molar-refractivity contribution is 8.26. The van der Waals surface area contributed by atoms with Gasteiger partial charge in [-0.3, -0.25) is 9.59 Å². The molecule has 2 aromatic rings. The summed E-state index contributed by atoms with van der Waals surface area (Å²) in [5, 5.41) is 5.20. The first-order valence-electron chi connectivity index (χ1n) is 8.29. The molecule has 3 rings (SSSR count). The molecule has 0 aliphatic carbocycles. The minimum Gasteiger partial charge on any atom is -0.452 e. The van der Waals surface area contributed by atoms with E-state index in [2.05, 4.69) is 10.6 Å². The highest BCUT2D eigenvalue weighted by Crippen LogP contribution is 2.25. The number of hydrogen-bond donors (Lipinski definition) is 2. The summed E-state index contributed by atoms with van der Waals surface area (Å²) in [4.78, 5) is 36.1. The molecule has 0 aromatic heterocycles. The molecule has 2 aromatic carbocycles. The fourth-order valence-electron chi connectivity index (χ4n) is 2.34. The molecule has 8 heteroatoms. The average Bonchev–Trinajstić information content (AvgIpc) is 2.99.